The number of hydrogen-bond acceptors (Lipinski definition) is 12. The third-order valence-electron chi connectivity index (χ3n) is 7.48. The number of nitrogens with one attached hydrogen (secondary N) is 3. The predicted octanol–water partition coefficient (Wildman–Crippen LogP) is 2.08. The predicted molar refractivity (Wildman–Crippen MR) is 185 cm³/mol. The second-order valence-electron chi connectivity index (χ2n) is 11.9. The molecule has 0 radical (unpaired) electrons. The number of Topliss-reactive ketones (excluding diaryl/α,β-unsaturated/α-hetero) is 1. The van der Waals surface area contributed by atoms with Gasteiger partial charge in [-0.1, -0.05) is 69.4 Å². The Morgan fingerprint density at radius 2 is 1.47 bits per heavy atom. The van der Waals surface area contributed by atoms with E-state index in [9.17, 15) is 32.7 Å². The number of methoxy groups -OCH3 is 2. The second kappa shape index (κ2) is 21.1. The molecule has 0 bridgehead atoms. The Morgan fingerprint density at radius 1 is 0.898 bits per heavy atom. The first kappa shape index (κ1) is 41.9. The Kier molecular flexibility index (Phi) is 18.0. The fraction of sp³-hybridized carbons (Fsp3) is 0.606. The number of ketones is 1. The Morgan fingerprint density at radius 3 is 2.04 bits per heavy atom. The summed E-state index contributed by atoms with van der Waals surface area (Å²) in [4.78, 5) is 57.6. The van der Waals surface area contributed by atoms with Crippen molar-refractivity contribution >= 4 is 45.0 Å². The normalized spacial score (nSPS) is 14.7. The molecule has 0 saturated carbocycles. The van der Waals surface area contributed by atoms with Crippen LogP contribution in [0.1, 0.15) is 72.6 Å². The van der Waals surface area contributed by atoms with Gasteiger partial charge in [0.05, 0.1) is 36.2 Å². The quantitative estimate of drug-likeness (QED) is 0.0913. The van der Waals surface area contributed by atoms with E-state index in [1.807, 2.05) is 0 Å². The van der Waals surface area contributed by atoms with E-state index >= 15 is 0 Å². The fourth-order valence-electron chi connectivity index (χ4n) is 4.77. The van der Waals surface area contributed by atoms with Crippen LogP contribution in [-0.2, 0) is 44.6 Å². The van der Waals surface area contributed by atoms with Gasteiger partial charge in [-0.15, -0.1) is 11.3 Å². The molecule has 0 aliphatic heterocycles. The Labute approximate surface area is 292 Å². The van der Waals surface area contributed by atoms with Gasteiger partial charge in [0.1, 0.15) is 29.2 Å². The van der Waals surface area contributed by atoms with E-state index in [0.29, 0.717) is 23.4 Å². The first-order chi connectivity index (χ1) is 23.2. The molecule has 4 N–H and O–H groups in total. The van der Waals surface area contributed by atoms with Crippen molar-refractivity contribution in [3.63, 3.8) is 0 Å². The molecule has 0 fully saturated rings. The zero-order chi connectivity index (χ0) is 36.5. The van der Waals surface area contributed by atoms with Gasteiger partial charge >= 0.3 is 0 Å². The number of aliphatic hydroxyl groups is 1. The molecule has 16 heteroatoms. The van der Waals surface area contributed by atoms with Crippen LogP contribution in [0.3, 0.4) is 0 Å². The minimum atomic E-state index is -4.03. The summed E-state index contributed by atoms with van der Waals surface area (Å²) in [6, 6.07) is 4.82. The van der Waals surface area contributed by atoms with Crippen molar-refractivity contribution in [1.29, 1.82) is 0 Å². The number of carbonyl (C=O) groups excluding carboxylic acids is 4. The summed E-state index contributed by atoms with van der Waals surface area (Å²) in [5.74, 6) is -3.28. The van der Waals surface area contributed by atoms with E-state index in [1.165, 1.54) is 20.4 Å². The molecule has 1 unspecified atom stereocenters. The third-order valence-corrected chi connectivity index (χ3v) is 9.66. The zero-order valence-corrected chi connectivity index (χ0v) is 30.5. The number of benzene rings is 1. The number of rotatable bonds is 24. The van der Waals surface area contributed by atoms with E-state index < -0.39 is 64.0 Å². The molecule has 49 heavy (non-hydrogen) atoms. The van der Waals surface area contributed by atoms with Crippen molar-refractivity contribution in [1.82, 2.24) is 20.9 Å². The highest BCUT2D eigenvalue weighted by atomic mass is 32.2. The van der Waals surface area contributed by atoms with Crippen LogP contribution < -0.4 is 16.0 Å². The van der Waals surface area contributed by atoms with Crippen molar-refractivity contribution < 1.29 is 46.4 Å². The summed E-state index contributed by atoms with van der Waals surface area (Å²) < 4.78 is 40.4. The van der Waals surface area contributed by atoms with Crippen LogP contribution in [0.5, 0.6) is 0 Å². The van der Waals surface area contributed by atoms with Gasteiger partial charge in [-0.05, 0) is 32.3 Å². The molecule has 1 aromatic heterocycles. The topological polar surface area (TPSA) is 199 Å². The fourth-order valence-corrected chi connectivity index (χ4v) is 6.53. The molecule has 1 aromatic carbocycles. The van der Waals surface area contributed by atoms with Gasteiger partial charge < -0.3 is 30.5 Å². The number of nitrogens with zero attached hydrogens (tertiary/aromatic N) is 1. The molecule has 0 spiro atoms. The monoisotopic (exact) mass is 726 g/mol. The number of ether oxygens (including phenoxy) is 2. The lowest BCUT2D eigenvalue weighted by Gasteiger charge is -2.29. The maximum Gasteiger partial charge on any atom is 0.267 e. The molecule has 2 aromatic rings. The molecule has 0 aliphatic rings. The number of amides is 3. The van der Waals surface area contributed by atoms with Gasteiger partial charge in [-0.2, -0.15) is 8.42 Å². The highest BCUT2D eigenvalue weighted by Gasteiger charge is 2.39. The maximum atomic E-state index is 13.7. The van der Waals surface area contributed by atoms with E-state index in [1.54, 1.807) is 37.3 Å². The summed E-state index contributed by atoms with van der Waals surface area (Å²) in [5.41, 5.74) is -1.66. The molecule has 2 rings (SSSR count). The third kappa shape index (κ3) is 15.0. The van der Waals surface area contributed by atoms with Crippen LogP contribution in [0.2, 0.25) is 0 Å². The number of hydrogen-bond donors (Lipinski definition) is 4. The van der Waals surface area contributed by atoms with Crippen LogP contribution in [-0.4, -0.2) is 106 Å². The summed E-state index contributed by atoms with van der Waals surface area (Å²) in [5, 5.41) is 19.5. The number of thiazole rings is 1. The number of aromatic nitrogens is 1. The molecule has 14 nitrogen and oxygen atoms in total. The summed E-state index contributed by atoms with van der Waals surface area (Å²) in [6.07, 6.45) is 6.49. The maximum absolute atomic E-state index is 13.7. The van der Waals surface area contributed by atoms with Crippen molar-refractivity contribution in [2.24, 2.45) is 0 Å². The minimum absolute atomic E-state index is 0.0592. The van der Waals surface area contributed by atoms with Gasteiger partial charge in [0.2, 0.25) is 11.8 Å². The van der Waals surface area contributed by atoms with Crippen LogP contribution in [0.25, 0.3) is 0 Å². The smallest absolute Gasteiger partial charge is 0.267 e. The van der Waals surface area contributed by atoms with E-state index in [0.717, 1.165) is 43.9 Å². The van der Waals surface area contributed by atoms with Crippen molar-refractivity contribution in [3.05, 3.63) is 52.0 Å². The Balaban J connectivity index is 2.17. The average molecular weight is 727 g/mol. The van der Waals surface area contributed by atoms with E-state index in [4.69, 9.17) is 13.7 Å². The van der Waals surface area contributed by atoms with Crippen LogP contribution in [0, 0.1) is 6.92 Å². The second-order valence-corrected chi connectivity index (χ2v) is 14.9. The highest BCUT2D eigenvalue weighted by Crippen LogP contribution is 2.16. The molecule has 3 amide bonds. The van der Waals surface area contributed by atoms with Crippen LogP contribution in [0.15, 0.2) is 36.5 Å². The number of carbonyl (C=O) groups is 4. The van der Waals surface area contributed by atoms with E-state index in [2.05, 4.69) is 27.9 Å². The molecule has 4 atom stereocenters. The highest BCUT2D eigenvalue weighted by molar-refractivity contribution is 7.86. The average Bonchev–Trinajstić information content (AvgIpc) is 3.51. The molecule has 1 heterocycles. The van der Waals surface area contributed by atoms with Gasteiger partial charge in [-0.25, -0.2) is 4.98 Å². The lowest BCUT2D eigenvalue weighted by Crippen LogP contribution is -2.60. The first-order valence-electron chi connectivity index (χ1n) is 16.2. The van der Waals surface area contributed by atoms with Crippen LogP contribution in [0.4, 0.5) is 0 Å². The lowest BCUT2D eigenvalue weighted by molar-refractivity contribution is -0.143. The molecule has 0 saturated heterocycles. The lowest BCUT2D eigenvalue weighted by atomic mass is 9.91. The van der Waals surface area contributed by atoms with Gasteiger partial charge in [-0.3, -0.25) is 23.4 Å². The summed E-state index contributed by atoms with van der Waals surface area (Å²) >= 11 is 1.14. The van der Waals surface area contributed by atoms with E-state index in [-0.39, 0.29) is 30.3 Å². The molecular weight excluding hydrogens is 677 g/mol. The molecule has 0 aliphatic carbocycles. The summed E-state index contributed by atoms with van der Waals surface area (Å²) in [7, 11) is -1.37. The Bertz CT molecular complexity index is 1450. The molecular formula is C33H50N4O10S2. The number of unbranched alkanes of at least 4 members (excludes halogenated alkanes) is 5. The van der Waals surface area contributed by atoms with Gasteiger partial charge in [0.15, 0.2) is 5.78 Å². The Hall–Kier alpha value is -3.28. The minimum Gasteiger partial charge on any atom is -0.382 e. The van der Waals surface area contributed by atoms with Crippen molar-refractivity contribution in [2.75, 3.05) is 39.8 Å². The first-order valence-corrected chi connectivity index (χ1v) is 18.6. The zero-order valence-electron chi connectivity index (χ0n) is 28.9. The van der Waals surface area contributed by atoms with Crippen molar-refractivity contribution in [2.45, 2.75) is 89.4 Å². The van der Waals surface area contributed by atoms with Gasteiger partial charge in [0.25, 0.3) is 16.0 Å². The van der Waals surface area contributed by atoms with Crippen LogP contribution >= 0.6 is 11.3 Å². The summed E-state index contributed by atoms with van der Waals surface area (Å²) in [6.45, 7) is 3.58. The van der Waals surface area contributed by atoms with Gasteiger partial charge in [0, 0.05) is 14.2 Å². The van der Waals surface area contributed by atoms with Crippen molar-refractivity contribution in [3.8, 4) is 0 Å². The largest absolute Gasteiger partial charge is 0.382 e. The number of aryl methyl sites for hydroxylation is 1. The molecule has 274 valence electrons. The standard InChI is InChI=1S/C33H50N4O10S2/c1-6-7-8-9-10-14-17-49(43,44)47-22-33(3,42)29(38)25(18-24-15-12-11-13-16-24)35-30(39)26(20-45-4)36-31(40)27(21-46-5)37-32(41)28-19-34-23(2)48-28/h11-13,15-16,19,25-27,42H,6-10,14,17-18,20-22H2,1-5H3,(H,35,39)(H,36,40)(H,37,41)/t25-,26-,27-,33?/m0/s1. The SMILES string of the molecule is CCCCCCCCS(=O)(=O)OCC(C)(O)C(=O)[C@H](Cc1ccccc1)NC(=O)[C@H](COC)NC(=O)[C@H](COC)NC(=O)c1cnc(C)s1.